The number of H-pyrrole nitrogens is 1. The third kappa shape index (κ3) is 2.57. The summed E-state index contributed by atoms with van der Waals surface area (Å²) in [5.41, 5.74) is 2.18. The van der Waals surface area contributed by atoms with E-state index in [0.29, 0.717) is 21.8 Å². The van der Waals surface area contributed by atoms with Crippen LogP contribution in [0.5, 0.6) is 0 Å². The minimum atomic E-state index is -0.280. The maximum atomic E-state index is 12.2. The number of nitrogens with one attached hydrogen (secondary N) is 2. The summed E-state index contributed by atoms with van der Waals surface area (Å²) >= 11 is 6.04. The Hall–Kier alpha value is -2.84. The van der Waals surface area contributed by atoms with Gasteiger partial charge in [-0.1, -0.05) is 17.7 Å². The fourth-order valence-corrected chi connectivity index (χ4v) is 2.19. The van der Waals surface area contributed by atoms with Gasteiger partial charge in [0.1, 0.15) is 0 Å². The van der Waals surface area contributed by atoms with Crippen LogP contribution in [0.15, 0.2) is 42.6 Å². The van der Waals surface area contributed by atoms with E-state index < -0.39 is 0 Å². The van der Waals surface area contributed by atoms with Crippen LogP contribution in [0.25, 0.3) is 10.9 Å². The van der Waals surface area contributed by atoms with Gasteiger partial charge in [0.15, 0.2) is 0 Å². The molecular weight excluding hydrogens is 288 g/mol. The SMILES string of the molecule is N#Cc1ccc(NC(=O)c2ccc3cn[nH]c3c2)c(Cl)c1. The number of carbonyl (C=O) groups excluding carboxylic acids is 1. The maximum Gasteiger partial charge on any atom is 0.255 e. The maximum absolute atomic E-state index is 12.2. The Morgan fingerprint density at radius 1 is 1.29 bits per heavy atom. The first-order chi connectivity index (χ1) is 10.2. The van der Waals surface area contributed by atoms with Crippen molar-refractivity contribution in [2.45, 2.75) is 0 Å². The summed E-state index contributed by atoms with van der Waals surface area (Å²) in [6.07, 6.45) is 1.69. The first-order valence-corrected chi connectivity index (χ1v) is 6.49. The fourth-order valence-electron chi connectivity index (χ4n) is 1.96. The Kier molecular flexibility index (Phi) is 3.30. The van der Waals surface area contributed by atoms with Gasteiger partial charge in [-0.3, -0.25) is 9.89 Å². The van der Waals surface area contributed by atoms with Gasteiger partial charge in [0.05, 0.1) is 34.1 Å². The molecule has 0 bridgehead atoms. The molecule has 0 radical (unpaired) electrons. The van der Waals surface area contributed by atoms with E-state index in [9.17, 15) is 4.79 Å². The van der Waals surface area contributed by atoms with E-state index in [1.807, 2.05) is 12.1 Å². The highest BCUT2D eigenvalue weighted by molar-refractivity contribution is 6.34. The number of benzene rings is 2. The van der Waals surface area contributed by atoms with Gasteiger partial charge in [0.2, 0.25) is 0 Å². The van der Waals surface area contributed by atoms with Crippen LogP contribution in [0, 0.1) is 11.3 Å². The van der Waals surface area contributed by atoms with Crippen molar-refractivity contribution in [1.29, 1.82) is 5.26 Å². The van der Waals surface area contributed by atoms with Gasteiger partial charge in [-0.15, -0.1) is 0 Å². The smallest absolute Gasteiger partial charge is 0.255 e. The van der Waals surface area contributed by atoms with E-state index >= 15 is 0 Å². The zero-order valence-corrected chi connectivity index (χ0v) is 11.5. The lowest BCUT2D eigenvalue weighted by molar-refractivity contribution is 0.102. The van der Waals surface area contributed by atoms with Crippen LogP contribution in [0.4, 0.5) is 5.69 Å². The molecule has 21 heavy (non-hydrogen) atoms. The fraction of sp³-hybridized carbons (Fsp3) is 0. The van der Waals surface area contributed by atoms with E-state index in [2.05, 4.69) is 15.5 Å². The number of rotatable bonds is 2. The Labute approximate surface area is 125 Å². The van der Waals surface area contributed by atoms with Gasteiger partial charge < -0.3 is 5.32 Å². The minimum Gasteiger partial charge on any atom is -0.321 e. The molecule has 0 aliphatic carbocycles. The lowest BCUT2D eigenvalue weighted by Gasteiger charge is -2.07. The molecule has 0 aliphatic heterocycles. The molecule has 0 atom stereocenters. The number of amides is 1. The molecule has 102 valence electrons. The molecule has 0 unspecified atom stereocenters. The molecule has 3 aromatic rings. The number of anilines is 1. The minimum absolute atomic E-state index is 0.280. The first-order valence-electron chi connectivity index (χ1n) is 6.11. The average molecular weight is 297 g/mol. The molecule has 5 nitrogen and oxygen atoms in total. The molecular formula is C15H9ClN4O. The van der Waals surface area contributed by atoms with Crippen molar-refractivity contribution in [2.24, 2.45) is 0 Å². The second-order valence-electron chi connectivity index (χ2n) is 4.43. The summed E-state index contributed by atoms with van der Waals surface area (Å²) < 4.78 is 0. The summed E-state index contributed by atoms with van der Waals surface area (Å²) in [6.45, 7) is 0. The number of hydrogen-bond donors (Lipinski definition) is 2. The standard InChI is InChI=1S/C15H9ClN4O/c16-12-5-9(7-17)1-4-13(12)19-15(21)10-2-3-11-8-18-20-14(11)6-10/h1-6,8H,(H,18,20)(H,19,21). The van der Waals surface area contributed by atoms with Crippen LogP contribution >= 0.6 is 11.6 Å². The lowest BCUT2D eigenvalue weighted by atomic mass is 10.1. The molecule has 0 saturated carbocycles. The summed E-state index contributed by atoms with van der Waals surface area (Å²) in [5, 5.41) is 19.5. The number of nitrogens with zero attached hydrogens (tertiary/aromatic N) is 2. The van der Waals surface area contributed by atoms with Crippen LogP contribution in [0.3, 0.4) is 0 Å². The van der Waals surface area contributed by atoms with Gasteiger partial charge in [-0.05, 0) is 30.3 Å². The Morgan fingerprint density at radius 3 is 2.90 bits per heavy atom. The van der Waals surface area contributed by atoms with Crippen molar-refractivity contribution >= 4 is 34.1 Å². The number of halogens is 1. The number of carbonyl (C=O) groups is 1. The number of fused-ring (bicyclic) bond motifs is 1. The third-order valence-electron chi connectivity index (χ3n) is 3.05. The molecule has 6 heteroatoms. The predicted molar refractivity (Wildman–Crippen MR) is 80.2 cm³/mol. The summed E-state index contributed by atoms with van der Waals surface area (Å²) in [5.74, 6) is -0.280. The highest BCUT2D eigenvalue weighted by Gasteiger charge is 2.10. The Balaban J connectivity index is 1.87. The van der Waals surface area contributed by atoms with Crippen LogP contribution < -0.4 is 5.32 Å². The molecule has 2 aromatic carbocycles. The van der Waals surface area contributed by atoms with E-state index in [1.54, 1.807) is 30.5 Å². The van der Waals surface area contributed by atoms with E-state index in [-0.39, 0.29) is 5.91 Å². The molecule has 1 aromatic heterocycles. The number of aromatic nitrogens is 2. The van der Waals surface area contributed by atoms with E-state index in [4.69, 9.17) is 16.9 Å². The van der Waals surface area contributed by atoms with Crippen LogP contribution in [-0.4, -0.2) is 16.1 Å². The highest BCUT2D eigenvalue weighted by atomic mass is 35.5. The van der Waals surface area contributed by atoms with Gasteiger partial charge in [-0.2, -0.15) is 10.4 Å². The number of aromatic amines is 1. The summed E-state index contributed by atoms with van der Waals surface area (Å²) in [7, 11) is 0. The van der Waals surface area contributed by atoms with E-state index in [1.165, 1.54) is 6.07 Å². The van der Waals surface area contributed by atoms with Crippen molar-refractivity contribution in [3.8, 4) is 6.07 Å². The Morgan fingerprint density at radius 2 is 2.14 bits per heavy atom. The average Bonchev–Trinajstić information content (AvgIpc) is 2.96. The molecule has 0 fully saturated rings. The normalized spacial score (nSPS) is 10.3. The summed E-state index contributed by atoms with van der Waals surface area (Å²) in [4.78, 5) is 12.2. The van der Waals surface area contributed by atoms with Crippen LogP contribution in [0.2, 0.25) is 5.02 Å². The zero-order valence-electron chi connectivity index (χ0n) is 10.7. The number of nitriles is 1. The van der Waals surface area contributed by atoms with Gasteiger partial charge in [0, 0.05) is 10.9 Å². The predicted octanol–water partition coefficient (Wildman–Crippen LogP) is 3.34. The van der Waals surface area contributed by atoms with Crippen LogP contribution in [-0.2, 0) is 0 Å². The quantitative estimate of drug-likeness (QED) is 0.761. The lowest BCUT2D eigenvalue weighted by Crippen LogP contribution is -2.12. The molecule has 0 spiro atoms. The molecule has 3 rings (SSSR count). The van der Waals surface area contributed by atoms with Gasteiger partial charge >= 0.3 is 0 Å². The molecule has 0 aliphatic rings. The van der Waals surface area contributed by atoms with Crippen molar-refractivity contribution < 1.29 is 4.79 Å². The van der Waals surface area contributed by atoms with Crippen molar-refractivity contribution in [3.63, 3.8) is 0 Å². The molecule has 2 N–H and O–H groups in total. The molecule has 1 amide bonds. The monoisotopic (exact) mass is 296 g/mol. The second kappa shape index (κ2) is 5.27. The highest BCUT2D eigenvalue weighted by Crippen LogP contribution is 2.23. The largest absolute Gasteiger partial charge is 0.321 e. The van der Waals surface area contributed by atoms with Gasteiger partial charge in [-0.25, -0.2) is 0 Å². The van der Waals surface area contributed by atoms with Gasteiger partial charge in [0.25, 0.3) is 5.91 Å². The second-order valence-corrected chi connectivity index (χ2v) is 4.84. The van der Waals surface area contributed by atoms with E-state index in [0.717, 1.165) is 10.9 Å². The third-order valence-corrected chi connectivity index (χ3v) is 3.36. The Bertz CT molecular complexity index is 879. The summed E-state index contributed by atoms with van der Waals surface area (Å²) in [6, 6.07) is 11.9. The zero-order chi connectivity index (χ0) is 14.8. The molecule has 0 saturated heterocycles. The topological polar surface area (TPSA) is 81.6 Å². The van der Waals surface area contributed by atoms with Crippen molar-refractivity contribution in [2.75, 3.05) is 5.32 Å². The first kappa shape index (κ1) is 13.2. The van der Waals surface area contributed by atoms with Crippen molar-refractivity contribution in [1.82, 2.24) is 10.2 Å². The van der Waals surface area contributed by atoms with Crippen LogP contribution in [0.1, 0.15) is 15.9 Å². The molecule has 1 heterocycles. The number of hydrogen-bond acceptors (Lipinski definition) is 3. The van der Waals surface area contributed by atoms with Crippen molar-refractivity contribution in [3.05, 3.63) is 58.7 Å².